The molecule has 128 valence electrons. The largest absolute Gasteiger partial charge is 0.358 e. The number of para-hydroxylation sites is 1. The van der Waals surface area contributed by atoms with Gasteiger partial charge in [-0.2, -0.15) is 0 Å². The predicted molar refractivity (Wildman–Crippen MR) is 97.7 cm³/mol. The average molecular weight is 358 g/mol. The highest BCUT2D eigenvalue weighted by atomic mass is 32.1. The van der Waals surface area contributed by atoms with Gasteiger partial charge in [-0.3, -0.25) is 0 Å². The SMILES string of the molecule is Cc1nccn1-c1ccc(CNC(=S)Nc2c(F)cccc2F)cc1. The minimum absolute atomic E-state index is 0.151. The molecule has 2 N–H and O–H groups in total. The molecule has 4 nitrogen and oxygen atoms in total. The molecule has 0 saturated carbocycles. The first-order chi connectivity index (χ1) is 12.0. The molecule has 3 rings (SSSR count). The van der Waals surface area contributed by atoms with Gasteiger partial charge in [0, 0.05) is 24.6 Å². The van der Waals surface area contributed by atoms with Crippen molar-refractivity contribution in [2.24, 2.45) is 0 Å². The number of hydrogen-bond donors (Lipinski definition) is 2. The minimum atomic E-state index is -0.691. The third-order valence-corrected chi connectivity index (χ3v) is 3.94. The zero-order valence-electron chi connectivity index (χ0n) is 13.5. The summed E-state index contributed by atoms with van der Waals surface area (Å²) in [6.07, 6.45) is 3.64. The highest BCUT2D eigenvalue weighted by Gasteiger charge is 2.09. The van der Waals surface area contributed by atoms with Crippen LogP contribution >= 0.6 is 12.2 Å². The fraction of sp³-hybridized carbons (Fsp3) is 0.111. The van der Waals surface area contributed by atoms with Gasteiger partial charge in [0.15, 0.2) is 5.11 Å². The highest BCUT2D eigenvalue weighted by Crippen LogP contribution is 2.18. The number of anilines is 1. The molecule has 1 heterocycles. The number of benzene rings is 2. The van der Waals surface area contributed by atoms with Gasteiger partial charge in [-0.05, 0) is 49.0 Å². The van der Waals surface area contributed by atoms with Crippen molar-refractivity contribution >= 4 is 23.0 Å². The Morgan fingerprint density at radius 2 is 1.80 bits per heavy atom. The van der Waals surface area contributed by atoms with Crippen molar-refractivity contribution < 1.29 is 8.78 Å². The van der Waals surface area contributed by atoms with Gasteiger partial charge in [0.05, 0.1) is 0 Å². The molecule has 0 saturated heterocycles. The Morgan fingerprint density at radius 1 is 1.12 bits per heavy atom. The highest BCUT2D eigenvalue weighted by molar-refractivity contribution is 7.80. The molecule has 0 spiro atoms. The van der Waals surface area contributed by atoms with E-state index in [-0.39, 0.29) is 10.8 Å². The van der Waals surface area contributed by atoms with Gasteiger partial charge in [-0.15, -0.1) is 0 Å². The van der Waals surface area contributed by atoms with Gasteiger partial charge in [0.2, 0.25) is 0 Å². The second-order valence-corrected chi connectivity index (χ2v) is 5.82. The molecule has 0 radical (unpaired) electrons. The number of halogens is 2. The molecule has 0 amide bonds. The molecule has 0 unspecified atom stereocenters. The van der Waals surface area contributed by atoms with Gasteiger partial charge in [-0.25, -0.2) is 13.8 Å². The van der Waals surface area contributed by atoms with Gasteiger partial charge >= 0.3 is 0 Å². The molecular weight excluding hydrogens is 342 g/mol. The summed E-state index contributed by atoms with van der Waals surface area (Å²) in [5, 5.41) is 5.63. The van der Waals surface area contributed by atoms with Crippen LogP contribution < -0.4 is 10.6 Å². The summed E-state index contributed by atoms with van der Waals surface area (Å²) >= 11 is 5.09. The number of imidazole rings is 1. The predicted octanol–water partition coefficient (Wildman–Crippen LogP) is 3.95. The maximum Gasteiger partial charge on any atom is 0.171 e. The summed E-state index contributed by atoms with van der Waals surface area (Å²) in [7, 11) is 0. The van der Waals surface area contributed by atoms with E-state index in [1.165, 1.54) is 18.2 Å². The second-order valence-electron chi connectivity index (χ2n) is 5.42. The molecule has 0 aliphatic carbocycles. The Kier molecular flexibility index (Phi) is 5.04. The zero-order valence-corrected chi connectivity index (χ0v) is 14.3. The minimum Gasteiger partial charge on any atom is -0.358 e. The van der Waals surface area contributed by atoms with E-state index in [1.807, 2.05) is 42.0 Å². The summed E-state index contributed by atoms with van der Waals surface area (Å²) in [5.41, 5.74) is 1.73. The fourth-order valence-corrected chi connectivity index (χ4v) is 2.56. The third-order valence-electron chi connectivity index (χ3n) is 3.69. The van der Waals surface area contributed by atoms with Crippen molar-refractivity contribution in [1.29, 1.82) is 0 Å². The van der Waals surface area contributed by atoms with E-state index < -0.39 is 11.6 Å². The van der Waals surface area contributed by atoms with Gasteiger partial charge in [0.25, 0.3) is 0 Å². The average Bonchev–Trinajstić information content (AvgIpc) is 3.03. The Balaban J connectivity index is 1.60. The van der Waals surface area contributed by atoms with Crippen LogP contribution in [-0.2, 0) is 6.54 Å². The number of hydrogen-bond acceptors (Lipinski definition) is 2. The molecule has 0 aliphatic heterocycles. The molecule has 2 aromatic carbocycles. The second kappa shape index (κ2) is 7.40. The molecule has 0 atom stereocenters. The van der Waals surface area contributed by atoms with Crippen LogP contribution in [0.25, 0.3) is 5.69 Å². The number of aromatic nitrogens is 2. The first-order valence-corrected chi connectivity index (χ1v) is 8.03. The Labute approximate surface area is 149 Å². The van der Waals surface area contributed by atoms with Crippen LogP contribution in [0.1, 0.15) is 11.4 Å². The van der Waals surface area contributed by atoms with Crippen molar-refractivity contribution in [1.82, 2.24) is 14.9 Å². The topological polar surface area (TPSA) is 41.9 Å². The van der Waals surface area contributed by atoms with E-state index in [0.29, 0.717) is 6.54 Å². The van der Waals surface area contributed by atoms with Gasteiger partial charge in [0.1, 0.15) is 23.1 Å². The van der Waals surface area contributed by atoms with E-state index in [4.69, 9.17) is 12.2 Å². The fourth-order valence-electron chi connectivity index (χ4n) is 2.38. The molecule has 0 bridgehead atoms. The summed E-state index contributed by atoms with van der Waals surface area (Å²) in [6, 6.07) is 11.5. The Morgan fingerprint density at radius 3 is 2.40 bits per heavy atom. The number of aryl methyl sites for hydroxylation is 1. The van der Waals surface area contributed by atoms with E-state index in [1.54, 1.807) is 6.20 Å². The Hall–Kier alpha value is -2.80. The van der Waals surface area contributed by atoms with E-state index >= 15 is 0 Å². The summed E-state index contributed by atoms with van der Waals surface area (Å²) in [4.78, 5) is 4.19. The third kappa shape index (κ3) is 4.00. The van der Waals surface area contributed by atoms with Crippen LogP contribution in [0.4, 0.5) is 14.5 Å². The van der Waals surface area contributed by atoms with Crippen LogP contribution in [0.2, 0.25) is 0 Å². The lowest BCUT2D eigenvalue weighted by Crippen LogP contribution is -2.28. The van der Waals surface area contributed by atoms with Crippen molar-refractivity contribution in [3.8, 4) is 5.69 Å². The molecule has 7 heteroatoms. The van der Waals surface area contributed by atoms with Crippen LogP contribution in [0.15, 0.2) is 54.9 Å². The molecule has 0 aliphatic rings. The number of thiocarbonyl (C=S) groups is 1. The monoisotopic (exact) mass is 358 g/mol. The van der Waals surface area contributed by atoms with Crippen LogP contribution in [-0.4, -0.2) is 14.7 Å². The lowest BCUT2D eigenvalue weighted by atomic mass is 10.2. The first kappa shape index (κ1) is 17.0. The lowest BCUT2D eigenvalue weighted by Gasteiger charge is -2.12. The number of nitrogens with zero attached hydrogens (tertiary/aromatic N) is 2. The molecule has 25 heavy (non-hydrogen) atoms. The number of nitrogens with one attached hydrogen (secondary N) is 2. The van der Waals surface area contributed by atoms with E-state index in [0.717, 1.165) is 17.1 Å². The lowest BCUT2D eigenvalue weighted by molar-refractivity contribution is 0.591. The maximum absolute atomic E-state index is 13.6. The maximum atomic E-state index is 13.6. The Bertz CT molecular complexity index is 870. The standard InChI is InChI=1S/C18H16F2N4S/c1-12-21-9-10-24(12)14-7-5-13(6-8-14)11-22-18(25)23-17-15(19)3-2-4-16(17)20/h2-10H,11H2,1H3,(H2,22,23,25). The molecule has 3 aromatic rings. The van der Waals surface area contributed by atoms with Gasteiger partial charge < -0.3 is 15.2 Å². The van der Waals surface area contributed by atoms with Crippen molar-refractivity contribution in [3.63, 3.8) is 0 Å². The zero-order chi connectivity index (χ0) is 17.8. The van der Waals surface area contributed by atoms with E-state index in [9.17, 15) is 8.78 Å². The normalized spacial score (nSPS) is 10.5. The molecular formula is C18H16F2N4S. The molecule has 0 fully saturated rings. The molecule has 1 aromatic heterocycles. The summed E-state index contributed by atoms with van der Waals surface area (Å²) in [6.45, 7) is 2.37. The van der Waals surface area contributed by atoms with Crippen LogP contribution in [0, 0.1) is 18.6 Å². The smallest absolute Gasteiger partial charge is 0.171 e. The van der Waals surface area contributed by atoms with Crippen molar-refractivity contribution in [2.75, 3.05) is 5.32 Å². The first-order valence-electron chi connectivity index (χ1n) is 7.63. The van der Waals surface area contributed by atoms with Crippen molar-refractivity contribution in [2.45, 2.75) is 13.5 Å². The summed E-state index contributed by atoms with van der Waals surface area (Å²) < 4.78 is 29.2. The van der Waals surface area contributed by atoms with Crippen LogP contribution in [0.5, 0.6) is 0 Å². The summed E-state index contributed by atoms with van der Waals surface area (Å²) in [5.74, 6) is -0.475. The number of rotatable bonds is 4. The van der Waals surface area contributed by atoms with Gasteiger partial charge in [-0.1, -0.05) is 18.2 Å². The van der Waals surface area contributed by atoms with E-state index in [2.05, 4.69) is 15.6 Å². The van der Waals surface area contributed by atoms with Crippen molar-refractivity contribution in [3.05, 3.63) is 77.9 Å². The van der Waals surface area contributed by atoms with Crippen LogP contribution in [0.3, 0.4) is 0 Å². The quantitative estimate of drug-likeness (QED) is 0.693.